The van der Waals surface area contributed by atoms with Crippen molar-refractivity contribution < 1.29 is 23.1 Å². The fourth-order valence-corrected chi connectivity index (χ4v) is 3.87. The second kappa shape index (κ2) is 10.8. The van der Waals surface area contributed by atoms with E-state index >= 15 is 0 Å². The van der Waals surface area contributed by atoms with E-state index in [0.29, 0.717) is 22.8 Å². The van der Waals surface area contributed by atoms with Gasteiger partial charge in [-0.05, 0) is 80.9 Å². The fourth-order valence-electron chi connectivity index (χ4n) is 3.87. The third-order valence-electron chi connectivity index (χ3n) is 5.48. The zero-order valence-electron chi connectivity index (χ0n) is 21.8. The van der Waals surface area contributed by atoms with Crippen LogP contribution in [0.25, 0.3) is 11.6 Å². The van der Waals surface area contributed by atoms with Crippen molar-refractivity contribution in [2.45, 2.75) is 45.8 Å². The van der Waals surface area contributed by atoms with Crippen LogP contribution >= 0.6 is 0 Å². The van der Waals surface area contributed by atoms with Crippen molar-refractivity contribution >= 4 is 17.5 Å². The number of nitrogens with one attached hydrogen (secondary N) is 1. The number of benzene rings is 2. The highest BCUT2D eigenvalue weighted by atomic mass is 19.1. The van der Waals surface area contributed by atoms with Crippen molar-refractivity contribution in [2.24, 2.45) is 0 Å². The van der Waals surface area contributed by atoms with Crippen LogP contribution in [-0.2, 0) is 16.1 Å². The molecule has 2 heterocycles. The molecule has 10 nitrogen and oxygen atoms in total. The number of aromatic nitrogens is 4. The molecule has 0 radical (unpaired) electrons. The zero-order valence-corrected chi connectivity index (χ0v) is 21.8. The first kappa shape index (κ1) is 26.5. The molecule has 2 amide bonds. The maximum Gasteiger partial charge on any atom is 0.251 e. The van der Waals surface area contributed by atoms with Crippen molar-refractivity contribution in [3.63, 3.8) is 0 Å². The van der Waals surface area contributed by atoms with Gasteiger partial charge in [-0.15, -0.1) is 10.2 Å². The second-order valence-corrected chi connectivity index (χ2v) is 9.71. The van der Waals surface area contributed by atoms with Gasteiger partial charge in [-0.3, -0.25) is 14.5 Å². The van der Waals surface area contributed by atoms with Crippen molar-refractivity contribution in [3.8, 4) is 17.3 Å². The number of nitrogens with zero attached hydrogens (tertiary/aromatic N) is 5. The molecule has 4 rings (SSSR count). The average molecular weight is 521 g/mol. The van der Waals surface area contributed by atoms with Crippen LogP contribution in [0.2, 0.25) is 0 Å². The van der Waals surface area contributed by atoms with Gasteiger partial charge in [-0.2, -0.15) is 4.80 Å². The predicted molar refractivity (Wildman–Crippen MR) is 138 cm³/mol. The number of methoxy groups -OCH3 is 1. The van der Waals surface area contributed by atoms with E-state index in [1.165, 1.54) is 30.2 Å². The molecule has 0 spiro atoms. The minimum atomic E-state index is -1.13. The number of ether oxygens (including phenoxy) is 1. The highest BCUT2D eigenvalue weighted by Gasteiger charge is 2.35. The Bertz CT molecular complexity index is 1420. The minimum absolute atomic E-state index is 0.196. The summed E-state index contributed by atoms with van der Waals surface area (Å²) < 4.78 is 25.1. The van der Waals surface area contributed by atoms with Gasteiger partial charge in [0.25, 0.3) is 5.91 Å². The van der Waals surface area contributed by atoms with Crippen molar-refractivity contribution in [2.75, 3.05) is 12.0 Å². The molecule has 1 atom stereocenters. The first-order chi connectivity index (χ1) is 18.0. The number of rotatable bonds is 8. The molecule has 11 heteroatoms. The maximum absolute atomic E-state index is 14.3. The Hall–Kier alpha value is -4.54. The molecule has 0 saturated heterocycles. The largest absolute Gasteiger partial charge is 0.497 e. The summed E-state index contributed by atoms with van der Waals surface area (Å²) in [4.78, 5) is 29.8. The van der Waals surface area contributed by atoms with Crippen LogP contribution in [0.15, 0.2) is 65.1 Å². The van der Waals surface area contributed by atoms with E-state index in [-0.39, 0.29) is 18.1 Å². The van der Waals surface area contributed by atoms with E-state index in [1.54, 1.807) is 49.4 Å². The molecule has 0 fully saturated rings. The van der Waals surface area contributed by atoms with Crippen molar-refractivity contribution in [3.05, 3.63) is 77.8 Å². The van der Waals surface area contributed by atoms with E-state index in [4.69, 9.17) is 9.15 Å². The number of tetrazole rings is 1. The van der Waals surface area contributed by atoms with Crippen molar-refractivity contribution in [1.82, 2.24) is 25.5 Å². The molecular weight excluding hydrogens is 491 g/mol. The average Bonchev–Trinajstić information content (AvgIpc) is 3.50. The summed E-state index contributed by atoms with van der Waals surface area (Å²) in [5, 5.41) is 15.1. The standard InChI is InChI=1S/C27H29FN6O4/c1-17-9-14-22(38-17)25-30-32-33(31-25)16-23(35)34(20-8-6-7-19(28)15-20)24(26(36)29-27(2,3)4)18-10-12-21(37-5)13-11-18/h6-15,24H,16H2,1-5H3,(H,29,36)/t24-/m1/s1. The number of hydrogen-bond donors (Lipinski definition) is 1. The Morgan fingerprint density at radius 2 is 1.87 bits per heavy atom. The molecule has 0 aliphatic heterocycles. The number of amides is 2. The lowest BCUT2D eigenvalue weighted by atomic mass is 10.0. The van der Waals surface area contributed by atoms with E-state index in [1.807, 2.05) is 20.8 Å². The van der Waals surface area contributed by atoms with E-state index < -0.39 is 29.2 Å². The lowest BCUT2D eigenvalue weighted by molar-refractivity contribution is -0.128. The zero-order chi connectivity index (χ0) is 27.4. The van der Waals surface area contributed by atoms with Gasteiger partial charge in [0.1, 0.15) is 29.9 Å². The molecular formula is C27H29FN6O4. The van der Waals surface area contributed by atoms with Gasteiger partial charge < -0.3 is 14.5 Å². The van der Waals surface area contributed by atoms with Crippen molar-refractivity contribution in [1.29, 1.82) is 0 Å². The van der Waals surface area contributed by atoms with E-state index in [9.17, 15) is 14.0 Å². The topological polar surface area (TPSA) is 115 Å². The number of aryl methyl sites for hydroxylation is 1. The fraction of sp³-hybridized carbons (Fsp3) is 0.296. The Morgan fingerprint density at radius 3 is 2.47 bits per heavy atom. The Balaban J connectivity index is 1.75. The first-order valence-electron chi connectivity index (χ1n) is 11.9. The number of halogens is 1. The monoisotopic (exact) mass is 520 g/mol. The molecule has 0 unspecified atom stereocenters. The summed E-state index contributed by atoms with van der Waals surface area (Å²) in [6.45, 7) is 6.93. The van der Waals surface area contributed by atoms with Gasteiger partial charge in [0.15, 0.2) is 5.76 Å². The molecule has 0 saturated carbocycles. The normalized spacial score (nSPS) is 12.2. The Kier molecular flexibility index (Phi) is 7.56. The molecule has 0 aliphatic rings. The van der Waals surface area contributed by atoms with E-state index in [2.05, 4.69) is 20.7 Å². The lowest BCUT2D eigenvalue weighted by Gasteiger charge is -2.33. The van der Waals surface area contributed by atoms with Gasteiger partial charge in [0.2, 0.25) is 11.7 Å². The molecule has 1 N–H and O–H groups in total. The molecule has 0 aliphatic carbocycles. The molecule has 2 aromatic heterocycles. The minimum Gasteiger partial charge on any atom is -0.497 e. The summed E-state index contributed by atoms with van der Waals surface area (Å²) in [5.41, 5.74) is 0.104. The summed E-state index contributed by atoms with van der Waals surface area (Å²) >= 11 is 0. The van der Waals surface area contributed by atoms with E-state index in [0.717, 1.165) is 4.80 Å². The van der Waals surface area contributed by atoms with Gasteiger partial charge in [-0.25, -0.2) is 4.39 Å². The molecule has 198 valence electrons. The third kappa shape index (κ3) is 6.23. The van der Waals surface area contributed by atoms with Crippen LogP contribution in [0.3, 0.4) is 0 Å². The number of carbonyl (C=O) groups is 2. The predicted octanol–water partition coefficient (Wildman–Crippen LogP) is 4.08. The summed E-state index contributed by atoms with van der Waals surface area (Å²) in [6, 6.07) is 14.6. The van der Waals surface area contributed by atoms with Crippen LogP contribution in [0, 0.1) is 12.7 Å². The number of hydrogen-bond acceptors (Lipinski definition) is 7. The number of carbonyl (C=O) groups excluding carboxylic acids is 2. The summed E-state index contributed by atoms with van der Waals surface area (Å²) in [7, 11) is 1.53. The van der Waals surface area contributed by atoms with Gasteiger partial charge in [0.05, 0.1) is 7.11 Å². The summed E-state index contributed by atoms with van der Waals surface area (Å²) in [5.74, 6) is 0.319. The summed E-state index contributed by atoms with van der Waals surface area (Å²) in [6.07, 6.45) is 0. The van der Waals surface area contributed by atoms with Crippen LogP contribution in [0.5, 0.6) is 5.75 Å². The highest BCUT2D eigenvalue weighted by Crippen LogP contribution is 2.30. The van der Waals surface area contributed by atoms with Crippen LogP contribution in [-0.4, -0.2) is 44.7 Å². The third-order valence-corrected chi connectivity index (χ3v) is 5.48. The van der Waals surface area contributed by atoms with Crippen LogP contribution in [0.4, 0.5) is 10.1 Å². The Labute approximate surface area is 219 Å². The SMILES string of the molecule is COc1ccc([C@H](C(=O)NC(C)(C)C)N(C(=O)Cn2nnc(-c3ccc(C)o3)n2)c2cccc(F)c2)cc1. The quantitative estimate of drug-likeness (QED) is 0.372. The molecule has 2 aromatic carbocycles. The van der Waals surface area contributed by atoms with Gasteiger partial charge in [-0.1, -0.05) is 18.2 Å². The number of furan rings is 1. The number of anilines is 1. The molecule has 38 heavy (non-hydrogen) atoms. The maximum atomic E-state index is 14.3. The Morgan fingerprint density at radius 1 is 1.13 bits per heavy atom. The smallest absolute Gasteiger partial charge is 0.251 e. The van der Waals surface area contributed by atoms with Gasteiger partial charge in [0, 0.05) is 11.2 Å². The van der Waals surface area contributed by atoms with Crippen LogP contribution in [0.1, 0.15) is 38.1 Å². The first-order valence-corrected chi connectivity index (χ1v) is 11.9. The van der Waals surface area contributed by atoms with Gasteiger partial charge >= 0.3 is 0 Å². The molecule has 0 bridgehead atoms. The lowest BCUT2D eigenvalue weighted by Crippen LogP contribution is -2.50. The highest BCUT2D eigenvalue weighted by molar-refractivity contribution is 6.01. The second-order valence-electron chi connectivity index (χ2n) is 9.71. The van der Waals surface area contributed by atoms with Crippen LogP contribution < -0.4 is 15.0 Å². The molecule has 4 aromatic rings.